The Kier molecular flexibility index (Phi) is 2.63. The van der Waals surface area contributed by atoms with Crippen LogP contribution in [-0.2, 0) is 12.8 Å². The summed E-state index contributed by atoms with van der Waals surface area (Å²) in [5, 5.41) is 0. The highest BCUT2D eigenvalue weighted by atomic mass is 79.9. The van der Waals surface area contributed by atoms with Gasteiger partial charge < -0.3 is 0 Å². The molecule has 0 saturated carbocycles. The molecule has 1 heterocycles. The largest absolute Gasteiger partial charge is 0.227 e. The van der Waals surface area contributed by atoms with Crippen molar-refractivity contribution in [1.29, 1.82) is 0 Å². The summed E-state index contributed by atoms with van der Waals surface area (Å²) in [7, 11) is 0. The van der Waals surface area contributed by atoms with Crippen molar-refractivity contribution >= 4 is 15.9 Å². The van der Waals surface area contributed by atoms with Crippen LogP contribution >= 0.6 is 15.9 Å². The van der Waals surface area contributed by atoms with E-state index in [2.05, 4.69) is 32.8 Å². The molecule has 0 saturated heterocycles. The molecule has 0 spiro atoms. The van der Waals surface area contributed by atoms with E-state index in [4.69, 9.17) is 0 Å². The lowest BCUT2D eigenvalue weighted by molar-refractivity contribution is 0.708. The van der Waals surface area contributed by atoms with Gasteiger partial charge >= 0.3 is 0 Å². The third kappa shape index (κ3) is 1.90. The van der Waals surface area contributed by atoms with E-state index in [1.54, 1.807) is 0 Å². The van der Waals surface area contributed by atoms with Crippen molar-refractivity contribution in [3.8, 4) is 0 Å². The minimum absolute atomic E-state index is 0.741. The summed E-state index contributed by atoms with van der Waals surface area (Å²) < 4.78 is 0.741. The Morgan fingerprint density at radius 3 is 2.69 bits per heavy atom. The van der Waals surface area contributed by atoms with Crippen LogP contribution in [-0.4, -0.2) is 9.97 Å². The summed E-state index contributed by atoms with van der Waals surface area (Å²) >= 11 is 3.34. The molecule has 1 aliphatic rings. The molecular weight excluding hydrogens is 228 g/mol. The van der Waals surface area contributed by atoms with Gasteiger partial charge in [-0.05, 0) is 54.1 Å². The van der Waals surface area contributed by atoms with Crippen molar-refractivity contribution in [2.75, 3.05) is 0 Å². The van der Waals surface area contributed by atoms with E-state index in [9.17, 15) is 0 Å². The van der Waals surface area contributed by atoms with Gasteiger partial charge in [0.15, 0.2) is 4.73 Å². The predicted molar refractivity (Wildman–Crippen MR) is 55.7 cm³/mol. The topological polar surface area (TPSA) is 25.8 Å². The minimum Gasteiger partial charge on any atom is -0.227 e. The molecule has 3 heteroatoms. The number of fused-ring (bicyclic) bond motifs is 1. The zero-order valence-electron chi connectivity index (χ0n) is 7.81. The average Bonchev–Trinajstić information content (AvgIpc) is 2.28. The molecule has 0 aliphatic heterocycles. The Bertz CT molecular complexity index is 323. The molecule has 1 aromatic rings. The summed E-state index contributed by atoms with van der Waals surface area (Å²) in [5.41, 5.74) is 3.80. The SMILES string of the molecule is Cc1nc(Br)nc2c1CCCCC2. The monoisotopic (exact) mass is 240 g/mol. The Morgan fingerprint density at radius 2 is 1.85 bits per heavy atom. The fraction of sp³-hybridized carbons (Fsp3) is 0.600. The zero-order chi connectivity index (χ0) is 9.26. The second-order valence-electron chi connectivity index (χ2n) is 3.56. The number of aromatic nitrogens is 2. The van der Waals surface area contributed by atoms with Gasteiger partial charge in [0.2, 0.25) is 0 Å². The van der Waals surface area contributed by atoms with Gasteiger partial charge in [-0.25, -0.2) is 9.97 Å². The van der Waals surface area contributed by atoms with Crippen molar-refractivity contribution in [1.82, 2.24) is 9.97 Å². The lowest BCUT2D eigenvalue weighted by atomic mass is 10.1. The number of rotatable bonds is 0. The number of hydrogen-bond donors (Lipinski definition) is 0. The molecule has 0 N–H and O–H groups in total. The number of nitrogens with zero attached hydrogens (tertiary/aromatic N) is 2. The summed E-state index contributed by atoms with van der Waals surface area (Å²) in [5.74, 6) is 0. The Labute approximate surface area is 86.9 Å². The van der Waals surface area contributed by atoms with E-state index >= 15 is 0 Å². The van der Waals surface area contributed by atoms with Crippen molar-refractivity contribution in [3.05, 3.63) is 21.7 Å². The van der Waals surface area contributed by atoms with E-state index in [0.717, 1.165) is 23.3 Å². The summed E-state index contributed by atoms with van der Waals surface area (Å²) in [6.45, 7) is 2.08. The first-order valence-corrected chi connectivity index (χ1v) is 5.58. The third-order valence-electron chi connectivity index (χ3n) is 2.61. The number of hydrogen-bond acceptors (Lipinski definition) is 2. The minimum atomic E-state index is 0.741. The van der Waals surface area contributed by atoms with Crippen molar-refractivity contribution in [3.63, 3.8) is 0 Å². The van der Waals surface area contributed by atoms with Gasteiger partial charge in [-0.3, -0.25) is 0 Å². The van der Waals surface area contributed by atoms with Crippen LogP contribution in [0, 0.1) is 6.92 Å². The molecule has 2 nitrogen and oxygen atoms in total. The molecule has 0 fully saturated rings. The molecule has 1 aliphatic carbocycles. The van der Waals surface area contributed by atoms with Gasteiger partial charge in [0, 0.05) is 11.4 Å². The smallest absolute Gasteiger partial charge is 0.197 e. The molecule has 0 amide bonds. The fourth-order valence-electron chi connectivity index (χ4n) is 1.92. The van der Waals surface area contributed by atoms with Crippen LogP contribution in [0.2, 0.25) is 0 Å². The van der Waals surface area contributed by atoms with Crippen LogP contribution in [0.4, 0.5) is 0 Å². The van der Waals surface area contributed by atoms with Crippen molar-refractivity contribution in [2.24, 2.45) is 0 Å². The van der Waals surface area contributed by atoms with Gasteiger partial charge in [0.1, 0.15) is 0 Å². The van der Waals surface area contributed by atoms with Gasteiger partial charge in [0.25, 0.3) is 0 Å². The van der Waals surface area contributed by atoms with E-state index in [0.29, 0.717) is 0 Å². The summed E-state index contributed by atoms with van der Waals surface area (Å²) in [4.78, 5) is 8.77. The van der Waals surface area contributed by atoms with Crippen LogP contribution in [0.3, 0.4) is 0 Å². The molecule has 0 aromatic carbocycles. The van der Waals surface area contributed by atoms with Crippen molar-refractivity contribution in [2.45, 2.75) is 39.0 Å². The molecule has 1 aromatic heterocycles. The van der Waals surface area contributed by atoms with E-state index in [1.807, 2.05) is 0 Å². The fourth-order valence-corrected chi connectivity index (χ4v) is 2.40. The average molecular weight is 241 g/mol. The Morgan fingerprint density at radius 1 is 1.08 bits per heavy atom. The van der Waals surface area contributed by atoms with E-state index in [-0.39, 0.29) is 0 Å². The van der Waals surface area contributed by atoms with Crippen LogP contribution in [0.25, 0.3) is 0 Å². The van der Waals surface area contributed by atoms with Crippen molar-refractivity contribution < 1.29 is 0 Å². The summed E-state index contributed by atoms with van der Waals surface area (Å²) in [6, 6.07) is 0. The highest BCUT2D eigenvalue weighted by molar-refractivity contribution is 9.10. The van der Waals surface area contributed by atoms with Crippen LogP contribution in [0.1, 0.15) is 36.2 Å². The van der Waals surface area contributed by atoms with Crippen LogP contribution < -0.4 is 0 Å². The van der Waals surface area contributed by atoms with Gasteiger partial charge in [-0.2, -0.15) is 0 Å². The first kappa shape index (κ1) is 9.13. The highest BCUT2D eigenvalue weighted by Crippen LogP contribution is 2.22. The van der Waals surface area contributed by atoms with Gasteiger partial charge in [-0.1, -0.05) is 6.42 Å². The number of aryl methyl sites for hydroxylation is 2. The lowest BCUT2D eigenvalue weighted by Gasteiger charge is -2.07. The Hall–Kier alpha value is -0.440. The quantitative estimate of drug-likeness (QED) is 0.515. The van der Waals surface area contributed by atoms with Crippen LogP contribution in [0.5, 0.6) is 0 Å². The lowest BCUT2D eigenvalue weighted by Crippen LogP contribution is -2.02. The molecule has 0 bridgehead atoms. The standard InChI is InChI=1S/C10H13BrN2/c1-7-8-5-3-2-4-6-9(8)13-10(11)12-7/h2-6H2,1H3. The molecule has 0 unspecified atom stereocenters. The molecule has 0 atom stereocenters. The normalized spacial score (nSPS) is 16.5. The highest BCUT2D eigenvalue weighted by Gasteiger charge is 2.12. The first-order chi connectivity index (χ1) is 6.27. The second-order valence-corrected chi connectivity index (χ2v) is 4.27. The van der Waals surface area contributed by atoms with E-state index in [1.165, 1.54) is 30.5 Å². The van der Waals surface area contributed by atoms with Gasteiger partial charge in [0.05, 0.1) is 0 Å². The van der Waals surface area contributed by atoms with Gasteiger partial charge in [-0.15, -0.1) is 0 Å². The molecule has 13 heavy (non-hydrogen) atoms. The van der Waals surface area contributed by atoms with Crippen LogP contribution in [0.15, 0.2) is 4.73 Å². The second kappa shape index (κ2) is 3.74. The molecule has 70 valence electrons. The maximum Gasteiger partial charge on any atom is 0.197 e. The summed E-state index contributed by atoms with van der Waals surface area (Å²) in [6.07, 6.45) is 6.17. The maximum absolute atomic E-state index is 4.44. The molecule has 2 rings (SSSR count). The third-order valence-corrected chi connectivity index (χ3v) is 2.97. The zero-order valence-corrected chi connectivity index (χ0v) is 9.39. The predicted octanol–water partition coefficient (Wildman–Crippen LogP) is 2.82. The maximum atomic E-state index is 4.44. The molecular formula is C10H13BrN2. The first-order valence-electron chi connectivity index (χ1n) is 4.79. The van der Waals surface area contributed by atoms with E-state index < -0.39 is 0 Å². The molecule has 0 radical (unpaired) electrons. The Balaban J connectivity index is 2.47. The number of halogens is 1.